The molecule has 0 aromatic heterocycles. The van der Waals surface area contributed by atoms with E-state index < -0.39 is 0 Å². The van der Waals surface area contributed by atoms with E-state index >= 15 is 0 Å². The lowest BCUT2D eigenvalue weighted by molar-refractivity contribution is -0.122. The Balaban J connectivity index is -0.000000118. The lowest BCUT2D eigenvalue weighted by atomic mass is 10.0. The van der Waals surface area contributed by atoms with Gasteiger partial charge in [0.05, 0.1) is 13.2 Å². The molecule has 1 rings (SSSR count). The minimum absolute atomic E-state index is 0.0926. The van der Waals surface area contributed by atoms with Crippen LogP contribution in [0.4, 0.5) is 0 Å². The molecule has 0 aliphatic heterocycles. The van der Waals surface area contributed by atoms with Crippen molar-refractivity contribution in [3.63, 3.8) is 0 Å². The summed E-state index contributed by atoms with van der Waals surface area (Å²) in [5, 5.41) is 0. The number of methoxy groups -OCH3 is 1. The molecule has 0 aliphatic rings. The molecule has 0 bridgehead atoms. The first kappa shape index (κ1) is 42.1. The van der Waals surface area contributed by atoms with E-state index in [1.807, 2.05) is 80.5 Å². The zero-order chi connectivity index (χ0) is 28.1. The molecule has 0 saturated carbocycles. The number of ketones is 2. The van der Waals surface area contributed by atoms with Crippen LogP contribution in [0.3, 0.4) is 0 Å². The maximum Gasteiger partial charge on any atom is 0.176 e. The topological polar surface area (TPSA) is 72.6 Å². The first-order valence-corrected chi connectivity index (χ1v) is 12.9. The summed E-state index contributed by atoms with van der Waals surface area (Å²) in [6.07, 6.45) is 1.54. The van der Waals surface area contributed by atoms with Crippen LogP contribution in [0.5, 0.6) is 0 Å². The fourth-order valence-corrected chi connectivity index (χ4v) is 2.23. The minimum atomic E-state index is 0.0926. The largest absolute Gasteiger partial charge is 0.483 e. The van der Waals surface area contributed by atoms with Crippen LogP contribution in [0.2, 0.25) is 0 Å². The summed E-state index contributed by atoms with van der Waals surface area (Å²) in [5.74, 6) is 1.03. The highest BCUT2D eigenvalue weighted by atomic mass is 16.5. The number of benzene rings is 1. The lowest BCUT2D eigenvalue weighted by Crippen LogP contribution is -2.37. The number of nitrogens with two attached hydrogens (primary N) is 1. The van der Waals surface area contributed by atoms with Crippen molar-refractivity contribution in [1.82, 2.24) is 4.90 Å². The van der Waals surface area contributed by atoms with E-state index in [2.05, 4.69) is 42.2 Å². The van der Waals surface area contributed by atoms with Crippen LogP contribution >= 0.6 is 0 Å². The Kier molecular flexibility index (Phi) is 40.9. The third kappa shape index (κ3) is 29.9. The summed E-state index contributed by atoms with van der Waals surface area (Å²) in [5.41, 5.74) is 6.12. The second-order valence-corrected chi connectivity index (χ2v) is 6.78. The van der Waals surface area contributed by atoms with Gasteiger partial charge < -0.3 is 10.5 Å². The van der Waals surface area contributed by atoms with Gasteiger partial charge in [-0.15, -0.1) is 0 Å². The molecule has 0 amide bonds. The van der Waals surface area contributed by atoms with Crippen LogP contribution in [0, 0.1) is 5.92 Å². The Labute approximate surface area is 213 Å². The molecule has 0 fully saturated rings. The van der Waals surface area contributed by atoms with Crippen LogP contribution in [0.15, 0.2) is 42.8 Å². The standard InChI is InChI=1S/C12H16O.C8H17NO.C3H7NO.3C2H6/c1-10(2)12(13)9-8-11-6-4-3-5-7-11;1-5-9(6-2)7(3)8(4)10;1-3(4)5-2;3*1-2/h3-7,10H,8-9H2,1-2H3;7H,5-6H2,1-4H3;1,4H2,2H3;3*1-2H3. The molecular formula is C29H58N2O3. The van der Waals surface area contributed by atoms with Gasteiger partial charge >= 0.3 is 0 Å². The smallest absolute Gasteiger partial charge is 0.176 e. The zero-order valence-corrected chi connectivity index (χ0v) is 24.8. The fourth-order valence-electron chi connectivity index (χ4n) is 2.23. The summed E-state index contributed by atoms with van der Waals surface area (Å²) in [4.78, 5) is 24.3. The molecule has 2 N–H and O–H groups in total. The van der Waals surface area contributed by atoms with Crippen molar-refractivity contribution in [1.29, 1.82) is 0 Å². The second kappa shape index (κ2) is 33.0. The van der Waals surface area contributed by atoms with E-state index in [1.165, 1.54) is 12.7 Å². The summed E-state index contributed by atoms with van der Waals surface area (Å²) >= 11 is 0. The molecule has 5 nitrogen and oxygen atoms in total. The summed E-state index contributed by atoms with van der Waals surface area (Å²) < 4.78 is 4.33. The normalized spacial score (nSPS) is 9.50. The molecule has 0 saturated heterocycles. The van der Waals surface area contributed by atoms with Crippen LogP contribution in [-0.4, -0.2) is 42.7 Å². The highest BCUT2D eigenvalue weighted by molar-refractivity contribution is 5.81. The van der Waals surface area contributed by atoms with Gasteiger partial charge in [-0.05, 0) is 45.5 Å². The number of Topliss-reactive ketones (excluding diaryl/α,β-unsaturated/α-hetero) is 2. The molecule has 202 valence electrons. The number of hydrogen-bond donors (Lipinski definition) is 1. The number of nitrogens with zero attached hydrogens (tertiary/aromatic N) is 1. The van der Waals surface area contributed by atoms with E-state index in [9.17, 15) is 9.59 Å². The summed E-state index contributed by atoms with van der Waals surface area (Å²) in [6.45, 7) is 28.8. The first-order valence-electron chi connectivity index (χ1n) is 12.9. The zero-order valence-electron chi connectivity index (χ0n) is 24.8. The Morgan fingerprint density at radius 1 is 0.941 bits per heavy atom. The Hall–Kier alpha value is -2.14. The van der Waals surface area contributed by atoms with Crippen molar-refractivity contribution in [3.8, 4) is 0 Å². The van der Waals surface area contributed by atoms with Gasteiger partial charge in [0.15, 0.2) is 5.88 Å². The Morgan fingerprint density at radius 2 is 1.32 bits per heavy atom. The maximum absolute atomic E-state index is 11.3. The van der Waals surface area contributed by atoms with E-state index in [4.69, 9.17) is 5.73 Å². The molecule has 1 unspecified atom stereocenters. The van der Waals surface area contributed by atoms with Gasteiger partial charge in [0.1, 0.15) is 11.6 Å². The van der Waals surface area contributed by atoms with Crippen LogP contribution in [-0.2, 0) is 20.7 Å². The monoisotopic (exact) mass is 482 g/mol. The quantitative estimate of drug-likeness (QED) is 0.374. The Morgan fingerprint density at radius 3 is 1.56 bits per heavy atom. The number of aryl methyl sites for hydroxylation is 1. The van der Waals surface area contributed by atoms with Crippen molar-refractivity contribution in [2.24, 2.45) is 11.7 Å². The third-order valence-electron chi connectivity index (χ3n) is 4.36. The number of likely N-dealkylation sites (N-methyl/N-ethyl adjacent to an activating group) is 1. The molecule has 0 spiro atoms. The van der Waals surface area contributed by atoms with Crippen LogP contribution in [0.1, 0.15) is 95.1 Å². The third-order valence-corrected chi connectivity index (χ3v) is 4.36. The predicted molar refractivity (Wildman–Crippen MR) is 152 cm³/mol. The average molecular weight is 483 g/mol. The molecule has 0 radical (unpaired) electrons. The molecule has 1 aromatic carbocycles. The van der Waals surface area contributed by atoms with E-state index in [0.29, 0.717) is 12.2 Å². The van der Waals surface area contributed by atoms with Gasteiger partial charge in [-0.3, -0.25) is 14.5 Å². The van der Waals surface area contributed by atoms with Crippen LogP contribution in [0.25, 0.3) is 0 Å². The summed E-state index contributed by atoms with van der Waals surface area (Å²) in [6, 6.07) is 10.2. The molecule has 0 aliphatic carbocycles. The fraction of sp³-hybridized carbons (Fsp3) is 0.655. The van der Waals surface area contributed by atoms with Gasteiger partial charge in [-0.1, -0.05) is 99.6 Å². The number of carbonyl (C=O) groups excluding carboxylic acids is 2. The first-order chi connectivity index (χ1) is 16.1. The number of ether oxygens (including phenoxy) is 1. The van der Waals surface area contributed by atoms with Gasteiger partial charge in [0.25, 0.3) is 0 Å². The number of rotatable bonds is 9. The van der Waals surface area contributed by atoms with Crippen molar-refractivity contribution in [3.05, 3.63) is 48.4 Å². The van der Waals surface area contributed by atoms with Crippen molar-refractivity contribution >= 4 is 11.6 Å². The second-order valence-electron chi connectivity index (χ2n) is 6.78. The SMILES string of the molecule is C=C(N)OC.CC.CC.CC.CC(C)C(=O)CCc1ccccc1.CCN(CC)C(C)C(C)=O. The van der Waals surface area contributed by atoms with Crippen molar-refractivity contribution < 1.29 is 14.3 Å². The highest BCUT2D eigenvalue weighted by Crippen LogP contribution is 2.06. The van der Waals surface area contributed by atoms with Gasteiger partial charge in [-0.25, -0.2) is 0 Å². The number of carbonyl (C=O) groups is 2. The summed E-state index contributed by atoms with van der Waals surface area (Å²) in [7, 11) is 1.47. The molecule has 0 heterocycles. The number of hydrogen-bond acceptors (Lipinski definition) is 5. The molecule has 34 heavy (non-hydrogen) atoms. The van der Waals surface area contributed by atoms with Crippen LogP contribution < -0.4 is 5.73 Å². The van der Waals surface area contributed by atoms with Crippen molar-refractivity contribution in [2.45, 2.75) is 102 Å². The van der Waals surface area contributed by atoms with E-state index in [1.54, 1.807) is 6.92 Å². The highest BCUT2D eigenvalue weighted by Gasteiger charge is 2.13. The molecule has 1 atom stereocenters. The van der Waals surface area contributed by atoms with Gasteiger partial charge in [0, 0.05) is 12.3 Å². The lowest BCUT2D eigenvalue weighted by Gasteiger charge is -2.23. The molecule has 5 heteroatoms. The van der Waals surface area contributed by atoms with Crippen molar-refractivity contribution in [2.75, 3.05) is 20.2 Å². The van der Waals surface area contributed by atoms with E-state index in [0.717, 1.165) is 19.5 Å². The molecular weight excluding hydrogens is 424 g/mol. The minimum Gasteiger partial charge on any atom is -0.483 e. The Bertz CT molecular complexity index is 554. The average Bonchev–Trinajstić information content (AvgIpc) is 2.88. The van der Waals surface area contributed by atoms with Gasteiger partial charge in [0.2, 0.25) is 0 Å². The van der Waals surface area contributed by atoms with Gasteiger partial charge in [-0.2, -0.15) is 0 Å². The maximum atomic E-state index is 11.3. The molecule has 1 aromatic rings. The predicted octanol–water partition coefficient (Wildman–Crippen LogP) is 7.29. The van der Waals surface area contributed by atoms with E-state index in [-0.39, 0.29) is 23.6 Å².